The lowest BCUT2D eigenvalue weighted by Crippen LogP contribution is -2.37. The van der Waals surface area contributed by atoms with Crippen LogP contribution in [0.25, 0.3) is 0 Å². The van der Waals surface area contributed by atoms with E-state index in [-0.39, 0.29) is 18.1 Å². The molecule has 0 aliphatic heterocycles. The molecule has 0 fully saturated rings. The molecule has 0 aliphatic rings. The highest BCUT2D eigenvalue weighted by molar-refractivity contribution is 5.88. The lowest BCUT2D eigenvalue weighted by Gasteiger charge is -2.23. The third-order valence-corrected chi connectivity index (χ3v) is 2.48. The number of urea groups is 1. The van der Waals surface area contributed by atoms with Crippen LogP contribution in [0.15, 0.2) is 12.4 Å². The highest BCUT2D eigenvalue weighted by atomic mass is 16.3. The Kier molecular flexibility index (Phi) is 4.51. The second-order valence-corrected chi connectivity index (χ2v) is 4.85. The predicted octanol–water partition coefficient (Wildman–Crippen LogP) is 0.950. The van der Waals surface area contributed by atoms with Crippen molar-refractivity contribution in [2.45, 2.75) is 20.3 Å². The quantitative estimate of drug-likeness (QED) is 0.717. The van der Waals surface area contributed by atoms with Gasteiger partial charge in [-0.25, -0.2) is 4.79 Å². The number of aliphatic hydroxyl groups excluding tert-OH is 1. The van der Waals surface area contributed by atoms with Crippen molar-refractivity contribution < 1.29 is 9.90 Å². The van der Waals surface area contributed by atoms with Crippen molar-refractivity contribution in [1.82, 2.24) is 15.1 Å². The summed E-state index contributed by atoms with van der Waals surface area (Å²) in [5.74, 6) is 0. The van der Waals surface area contributed by atoms with E-state index in [1.807, 2.05) is 13.8 Å². The van der Waals surface area contributed by atoms with Crippen LogP contribution in [0.5, 0.6) is 0 Å². The summed E-state index contributed by atoms with van der Waals surface area (Å²) in [5, 5.41) is 18.3. The van der Waals surface area contributed by atoms with Crippen LogP contribution in [0.4, 0.5) is 10.5 Å². The summed E-state index contributed by atoms with van der Waals surface area (Å²) in [5.41, 5.74) is 0.547. The third-order valence-electron chi connectivity index (χ3n) is 2.48. The Balaban J connectivity index is 2.35. The Morgan fingerprint density at radius 2 is 2.29 bits per heavy atom. The summed E-state index contributed by atoms with van der Waals surface area (Å²) in [6.07, 6.45) is 3.96. The van der Waals surface area contributed by atoms with Crippen LogP contribution in [-0.2, 0) is 7.05 Å². The van der Waals surface area contributed by atoms with Gasteiger partial charge in [0, 0.05) is 26.4 Å². The number of anilines is 1. The highest BCUT2D eigenvalue weighted by Crippen LogP contribution is 2.17. The molecule has 0 atom stereocenters. The number of nitrogens with zero attached hydrogens (tertiary/aromatic N) is 2. The molecule has 1 aromatic rings. The van der Waals surface area contributed by atoms with Gasteiger partial charge < -0.3 is 15.7 Å². The lowest BCUT2D eigenvalue weighted by atomic mass is 9.90. The number of nitrogens with one attached hydrogen (secondary N) is 2. The van der Waals surface area contributed by atoms with Crippen LogP contribution in [-0.4, -0.2) is 34.1 Å². The standard InChI is InChI=1S/C11H20N4O2/c1-11(2,4-5-16)8-12-10(17)14-9-6-13-15(3)7-9/h6-7,16H,4-5,8H2,1-3H3,(H2,12,14,17). The van der Waals surface area contributed by atoms with Crippen molar-refractivity contribution in [2.24, 2.45) is 12.5 Å². The van der Waals surface area contributed by atoms with E-state index in [0.717, 1.165) is 0 Å². The normalized spacial score (nSPS) is 11.3. The van der Waals surface area contributed by atoms with Gasteiger partial charge in [0.2, 0.25) is 0 Å². The molecule has 96 valence electrons. The Labute approximate surface area is 101 Å². The van der Waals surface area contributed by atoms with E-state index < -0.39 is 0 Å². The third kappa shape index (κ3) is 4.86. The zero-order chi connectivity index (χ0) is 12.9. The molecular formula is C11H20N4O2. The minimum atomic E-state index is -0.260. The minimum absolute atomic E-state index is 0.110. The summed E-state index contributed by atoms with van der Waals surface area (Å²) >= 11 is 0. The van der Waals surface area contributed by atoms with E-state index >= 15 is 0 Å². The molecule has 0 saturated heterocycles. The zero-order valence-electron chi connectivity index (χ0n) is 10.5. The van der Waals surface area contributed by atoms with E-state index in [4.69, 9.17) is 5.11 Å². The van der Waals surface area contributed by atoms with Crippen molar-refractivity contribution in [3.05, 3.63) is 12.4 Å². The van der Waals surface area contributed by atoms with Gasteiger partial charge in [0.25, 0.3) is 0 Å². The molecule has 0 radical (unpaired) electrons. The first-order chi connectivity index (χ1) is 7.93. The fourth-order valence-corrected chi connectivity index (χ4v) is 1.37. The van der Waals surface area contributed by atoms with Gasteiger partial charge in [-0.1, -0.05) is 13.8 Å². The van der Waals surface area contributed by atoms with Crippen LogP contribution in [0, 0.1) is 5.41 Å². The summed E-state index contributed by atoms with van der Waals surface area (Å²) in [6, 6.07) is -0.260. The van der Waals surface area contributed by atoms with E-state index in [0.29, 0.717) is 18.7 Å². The number of rotatable bonds is 5. The maximum absolute atomic E-state index is 11.6. The van der Waals surface area contributed by atoms with Crippen molar-refractivity contribution in [3.8, 4) is 0 Å². The van der Waals surface area contributed by atoms with E-state index in [1.165, 1.54) is 0 Å². The van der Waals surface area contributed by atoms with Gasteiger partial charge in [-0.2, -0.15) is 5.10 Å². The number of aromatic nitrogens is 2. The van der Waals surface area contributed by atoms with E-state index in [2.05, 4.69) is 15.7 Å². The number of hydrogen-bond donors (Lipinski definition) is 3. The van der Waals surface area contributed by atoms with Crippen LogP contribution in [0.1, 0.15) is 20.3 Å². The van der Waals surface area contributed by atoms with E-state index in [1.54, 1.807) is 24.1 Å². The molecule has 0 aromatic carbocycles. The van der Waals surface area contributed by atoms with Gasteiger partial charge in [-0.15, -0.1) is 0 Å². The van der Waals surface area contributed by atoms with Crippen LogP contribution < -0.4 is 10.6 Å². The SMILES string of the molecule is Cn1cc(NC(=O)NCC(C)(C)CCO)cn1. The van der Waals surface area contributed by atoms with E-state index in [9.17, 15) is 4.79 Å². The fraction of sp³-hybridized carbons (Fsp3) is 0.636. The predicted molar refractivity (Wildman–Crippen MR) is 65.7 cm³/mol. The molecule has 1 heterocycles. The van der Waals surface area contributed by atoms with Crippen LogP contribution >= 0.6 is 0 Å². The summed E-state index contributed by atoms with van der Waals surface area (Å²) in [7, 11) is 1.79. The second kappa shape index (κ2) is 5.67. The van der Waals surface area contributed by atoms with Gasteiger partial charge in [0.05, 0.1) is 11.9 Å². The lowest BCUT2D eigenvalue weighted by molar-refractivity contribution is 0.204. The number of carbonyl (C=O) groups excluding carboxylic acids is 1. The second-order valence-electron chi connectivity index (χ2n) is 4.85. The van der Waals surface area contributed by atoms with Gasteiger partial charge in [0.1, 0.15) is 0 Å². The number of carbonyl (C=O) groups is 1. The van der Waals surface area contributed by atoms with Crippen molar-refractivity contribution >= 4 is 11.7 Å². The largest absolute Gasteiger partial charge is 0.396 e. The maximum atomic E-state index is 11.6. The summed E-state index contributed by atoms with van der Waals surface area (Å²) in [6.45, 7) is 4.62. The monoisotopic (exact) mass is 240 g/mol. The molecule has 17 heavy (non-hydrogen) atoms. The molecule has 0 saturated carbocycles. The van der Waals surface area contributed by atoms with Gasteiger partial charge in [-0.05, 0) is 11.8 Å². The first-order valence-corrected chi connectivity index (χ1v) is 5.57. The molecule has 1 aromatic heterocycles. The summed E-state index contributed by atoms with van der Waals surface area (Å²) < 4.78 is 1.62. The molecule has 2 amide bonds. The topological polar surface area (TPSA) is 79.2 Å². The van der Waals surface area contributed by atoms with Crippen molar-refractivity contribution in [1.29, 1.82) is 0 Å². The molecule has 0 bridgehead atoms. The number of hydrogen-bond acceptors (Lipinski definition) is 3. The molecular weight excluding hydrogens is 220 g/mol. The first kappa shape index (κ1) is 13.5. The molecule has 0 spiro atoms. The van der Waals surface area contributed by atoms with Gasteiger partial charge >= 0.3 is 6.03 Å². The summed E-state index contributed by atoms with van der Waals surface area (Å²) in [4.78, 5) is 11.6. The minimum Gasteiger partial charge on any atom is -0.396 e. The van der Waals surface area contributed by atoms with Gasteiger partial charge in [-0.3, -0.25) is 4.68 Å². The van der Waals surface area contributed by atoms with Crippen molar-refractivity contribution in [3.63, 3.8) is 0 Å². The molecule has 0 aliphatic carbocycles. The van der Waals surface area contributed by atoms with Gasteiger partial charge in [0.15, 0.2) is 0 Å². The molecule has 6 nitrogen and oxygen atoms in total. The molecule has 6 heteroatoms. The number of aryl methyl sites for hydroxylation is 1. The average Bonchev–Trinajstić information content (AvgIpc) is 2.61. The van der Waals surface area contributed by atoms with Crippen LogP contribution in [0.2, 0.25) is 0 Å². The molecule has 0 unspecified atom stereocenters. The molecule has 3 N–H and O–H groups in total. The Hall–Kier alpha value is -1.56. The number of amides is 2. The highest BCUT2D eigenvalue weighted by Gasteiger charge is 2.18. The number of aliphatic hydroxyl groups is 1. The first-order valence-electron chi connectivity index (χ1n) is 5.57. The fourth-order valence-electron chi connectivity index (χ4n) is 1.37. The van der Waals surface area contributed by atoms with Crippen LogP contribution in [0.3, 0.4) is 0 Å². The Morgan fingerprint density at radius 3 is 2.82 bits per heavy atom. The molecule has 1 rings (SSSR count). The Bertz CT molecular complexity index is 373. The smallest absolute Gasteiger partial charge is 0.319 e. The zero-order valence-corrected chi connectivity index (χ0v) is 10.5. The van der Waals surface area contributed by atoms with Crippen molar-refractivity contribution in [2.75, 3.05) is 18.5 Å². The average molecular weight is 240 g/mol. The maximum Gasteiger partial charge on any atom is 0.319 e. The Morgan fingerprint density at radius 1 is 1.59 bits per heavy atom.